The molecule has 0 aromatic carbocycles. The molecule has 0 radical (unpaired) electrons. The van der Waals surface area contributed by atoms with E-state index in [0.29, 0.717) is 0 Å². The summed E-state index contributed by atoms with van der Waals surface area (Å²) in [5, 5.41) is 3.65. The van der Waals surface area contributed by atoms with E-state index in [0.717, 1.165) is 36.4 Å². The normalized spacial score (nSPS) is 43.0. The molecule has 1 saturated heterocycles. The van der Waals surface area contributed by atoms with Gasteiger partial charge in [0.25, 0.3) is 0 Å². The molecule has 106 valence electrons. The Hall–Kier alpha value is -0.0800. The van der Waals surface area contributed by atoms with Crippen LogP contribution < -0.4 is 5.32 Å². The Morgan fingerprint density at radius 3 is 2.44 bits per heavy atom. The molecule has 0 aromatic rings. The van der Waals surface area contributed by atoms with Gasteiger partial charge >= 0.3 is 0 Å². The van der Waals surface area contributed by atoms with Gasteiger partial charge < -0.3 is 5.32 Å². The molecule has 1 aliphatic carbocycles. The Morgan fingerprint density at radius 2 is 1.83 bits per heavy atom. The van der Waals surface area contributed by atoms with Gasteiger partial charge in [0.15, 0.2) is 0 Å². The summed E-state index contributed by atoms with van der Waals surface area (Å²) in [5.74, 6) is 2.66. The molecule has 0 amide bonds. The third-order valence-electron chi connectivity index (χ3n) is 5.26. The van der Waals surface area contributed by atoms with E-state index in [9.17, 15) is 0 Å². The van der Waals surface area contributed by atoms with Crippen LogP contribution in [0.4, 0.5) is 0 Å². The first-order chi connectivity index (χ1) is 8.61. The molecule has 0 spiro atoms. The lowest BCUT2D eigenvalue weighted by Crippen LogP contribution is -2.53. The van der Waals surface area contributed by atoms with Crippen molar-refractivity contribution < 1.29 is 0 Å². The van der Waals surface area contributed by atoms with Gasteiger partial charge in [-0.15, -0.1) is 0 Å². The summed E-state index contributed by atoms with van der Waals surface area (Å²) in [5.41, 5.74) is 0. The number of rotatable bonds is 3. The third-order valence-corrected chi connectivity index (χ3v) is 5.26. The second kappa shape index (κ2) is 6.38. The van der Waals surface area contributed by atoms with Crippen LogP contribution in [0.3, 0.4) is 0 Å². The van der Waals surface area contributed by atoms with Gasteiger partial charge in [0.05, 0.1) is 0 Å². The fourth-order valence-corrected chi connectivity index (χ4v) is 4.24. The standard InChI is InChI=1S/C16H32N2/c1-5-17-15-8-9-18(11-14(15)4)16-7-6-12(2)10-13(16)3/h12-17H,5-11H2,1-4H3. The molecule has 18 heavy (non-hydrogen) atoms. The summed E-state index contributed by atoms with van der Waals surface area (Å²) in [6.45, 7) is 13.3. The summed E-state index contributed by atoms with van der Waals surface area (Å²) in [6, 6.07) is 1.62. The number of nitrogens with one attached hydrogen (secondary N) is 1. The van der Waals surface area contributed by atoms with Crippen LogP contribution in [0.15, 0.2) is 0 Å². The molecule has 1 heterocycles. The van der Waals surface area contributed by atoms with E-state index in [1.807, 2.05) is 0 Å². The van der Waals surface area contributed by atoms with Crippen LogP contribution in [0.1, 0.15) is 53.4 Å². The molecule has 2 aliphatic rings. The zero-order valence-corrected chi connectivity index (χ0v) is 12.8. The van der Waals surface area contributed by atoms with Crippen molar-refractivity contribution in [3.05, 3.63) is 0 Å². The van der Waals surface area contributed by atoms with Gasteiger partial charge in [-0.2, -0.15) is 0 Å². The number of hydrogen-bond donors (Lipinski definition) is 1. The van der Waals surface area contributed by atoms with E-state index in [1.54, 1.807) is 0 Å². The van der Waals surface area contributed by atoms with Crippen molar-refractivity contribution >= 4 is 0 Å². The van der Waals surface area contributed by atoms with E-state index >= 15 is 0 Å². The Balaban J connectivity index is 1.87. The molecule has 2 nitrogen and oxygen atoms in total. The number of nitrogens with zero attached hydrogens (tertiary/aromatic N) is 1. The van der Waals surface area contributed by atoms with Crippen molar-refractivity contribution in [3.63, 3.8) is 0 Å². The van der Waals surface area contributed by atoms with Crippen LogP contribution in [0.5, 0.6) is 0 Å². The fourth-order valence-electron chi connectivity index (χ4n) is 4.24. The first-order valence-electron chi connectivity index (χ1n) is 8.09. The summed E-state index contributed by atoms with van der Waals surface area (Å²) in [7, 11) is 0. The molecule has 0 bridgehead atoms. The van der Waals surface area contributed by atoms with Gasteiger partial charge in [0.1, 0.15) is 0 Å². The van der Waals surface area contributed by atoms with Crippen molar-refractivity contribution in [1.82, 2.24) is 10.2 Å². The quantitative estimate of drug-likeness (QED) is 0.830. The minimum atomic E-state index is 0.754. The van der Waals surface area contributed by atoms with Crippen LogP contribution in [-0.4, -0.2) is 36.6 Å². The Bertz CT molecular complexity index is 253. The first-order valence-corrected chi connectivity index (χ1v) is 8.09. The van der Waals surface area contributed by atoms with E-state index in [-0.39, 0.29) is 0 Å². The lowest BCUT2D eigenvalue weighted by Gasteiger charge is -2.46. The maximum absolute atomic E-state index is 3.65. The Kier molecular flexibility index (Phi) is 5.08. The zero-order chi connectivity index (χ0) is 13.1. The smallest absolute Gasteiger partial charge is 0.0121 e. The second-order valence-corrected chi connectivity index (χ2v) is 6.89. The van der Waals surface area contributed by atoms with Gasteiger partial charge in [0.2, 0.25) is 0 Å². The topological polar surface area (TPSA) is 15.3 Å². The molecule has 1 N–H and O–H groups in total. The van der Waals surface area contributed by atoms with Crippen molar-refractivity contribution in [2.24, 2.45) is 17.8 Å². The van der Waals surface area contributed by atoms with E-state index in [2.05, 4.69) is 37.9 Å². The van der Waals surface area contributed by atoms with Gasteiger partial charge in [-0.25, -0.2) is 0 Å². The third kappa shape index (κ3) is 3.27. The SMILES string of the molecule is CCNC1CCN(C2CCC(C)CC2C)CC1C. The summed E-state index contributed by atoms with van der Waals surface area (Å²) < 4.78 is 0. The van der Waals surface area contributed by atoms with Crippen LogP contribution in [0.2, 0.25) is 0 Å². The summed E-state index contributed by atoms with van der Waals surface area (Å²) in [4.78, 5) is 2.80. The maximum atomic E-state index is 3.65. The van der Waals surface area contributed by atoms with Crippen LogP contribution in [0, 0.1) is 17.8 Å². The Morgan fingerprint density at radius 1 is 1.06 bits per heavy atom. The van der Waals surface area contributed by atoms with Crippen molar-refractivity contribution in [3.8, 4) is 0 Å². The lowest BCUT2D eigenvalue weighted by molar-refractivity contribution is 0.0463. The van der Waals surface area contributed by atoms with Crippen molar-refractivity contribution in [1.29, 1.82) is 0 Å². The van der Waals surface area contributed by atoms with Gasteiger partial charge in [-0.3, -0.25) is 4.90 Å². The van der Waals surface area contributed by atoms with Crippen LogP contribution in [0.25, 0.3) is 0 Å². The monoisotopic (exact) mass is 252 g/mol. The Labute approximate surface area is 114 Å². The lowest BCUT2D eigenvalue weighted by atomic mass is 9.78. The molecule has 1 saturated carbocycles. The van der Waals surface area contributed by atoms with Crippen molar-refractivity contribution in [2.75, 3.05) is 19.6 Å². The minimum absolute atomic E-state index is 0.754. The van der Waals surface area contributed by atoms with E-state index < -0.39 is 0 Å². The van der Waals surface area contributed by atoms with Gasteiger partial charge in [-0.1, -0.05) is 27.7 Å². The molecular weight excluding hydrogens is 220 g/mol. The predicted octanol–water partition coefficient (Wildman–Crippen LogP) is 3.13. The molecular formula is C16H32N2. The maximum Gasteiger partial charge on any atom is 0.0121 e. The highest BCUT2D eigenvalue weighted by Gasteiger charge is 2.34. The fraction of sp³-hybridized carbons (Fsp3) is 1.00. The average Bonchev–Trinajstić information content (AvgIpc) is 2.32. The molecule has 5 atom stereocenters. The molecule has 2 heteroatoms. The number of piperidine rings is 1. The number of hydrogen-bond acceptors (Lipinski definition) is 2. The summed E-state index contributed by atoms with van der Waals surface area (Å²) in [6.07, 6.45) is 5.65. The largest absolute Gasteiger partial charge is 0.314 e. The van der Waals surface area contributed by atoms with Crippen molar-refractivity contribution in [2.45, 2.75) is 65.5 Å². The highest BCUT2D eigenvalue weighted by Crippen LogP contribution is 2.33. The average molecular weight is 252 g/mol. The van der Waals surface area contributed by atoms with E-state index in [1.165, 1.54) is 38.8 Å². The molecule has 1 aliphatic heterocycles. The summed E-state index contributed by atoms with van der Waals surface area (Å²) >= 11 is 0. The minimum Gasteiger partial charge on any atom is -0.314 e. The highest BCUT2D eigenvalue weighted by atomic mass is 15.2. The van der Waals surface area contributed by atoms with E-state index in [4.69, 9.17) is 0 Å². The zero-order valence-electron chi connectivity index (χ0n) is 12.8. The predicted molar refractivity (Wildman–Crippen MR) is 78.8 cm³/mol. The van der Waals surface area contributed by atoms with Gasteiger partial charge in [0, 0.05) is 18.6 Å². The van der Waals surface area contributed by atoms with Gasteiger partial charge in [-0.05, 0) is 56.5 Å². The number of likely N-dealkylation sites (tertiary alicyclic amines) is 1. The molecule has 2 fully saturated rings. The first kappa shape index (κ1) is 14.3. The molecule has 5 unspecified atom stereocenters. The van der Waals surface area contributed by atoms with Crippen LogP contribution >= 0.6 is 0 Å². The second-order valence-electron chi connectivity index (χ2n) is 6.89. The highest BCUT2D eigenvalue weighted by molar-refractivity contribution is 4.89. The molecule has 0 aromatic heterocycles. The molecule has 2 rings (SSSR count). The van der Waals surface area contributed by atoms with Crippen LogP contribution in [-0.2, 0) is 0 Å².